The van der Waals surface area contributed by atoms with Crippen LogP contribution in [0.1, 0.15) is 20.8 Å². The molecule has 1 aliphatic rings. The van der Waals surface area contributed by atoms with Crippen molar-refractivity contribution in [2.24, 2.45) is 0 Å². The standard InChI is InChI=1S/C6H12N2/c1-4-5(2)7-8-6(4)3/h5,7-8H,1-3H3. The summed E-state index contributed by atoms with van der Waals surface area (Å²) in [5.41, 5.74) is 8.81. The molecule has 0 amide bonds. The minimum atomic E-state index is 0.509. The van der Waals surface area contributed by atoms with Crippen LogP contribution in [-0.2, 0) is 0 Å². The number of rotatable bonds is 0. The molecule has 1 heterocycles. The topological polar surface area (TPSA) is 24.1 Å². The van der Waals surface area contributed by atoms with E-state index in [0.29, 0.717) is 6.04 Å². The van der Waals surface area contributed by atoms with Crippen LogP contribution < -0.4 is 10.9 Å². The molecule has 2 heteroatoms. The van der Waals surface area contributed by atoms with Crippen molar-refractivity contribution in [1.29, 1.82) is 0 Å². The van der Waals surface area contributed by atoms with E-state index in [9.17, 15) is 0 Å². The van der Waals surface area contributed by atoms with Gasteiger partial charge >= 0.3 is 0 Å². The molecule has 0 aromatic heterocycles. The second-order valence-electron chi connectivity index (χ2n) is 2.30. The minimum absolute atomic E-state index is 0.509. The van der Waals surface area contributed by atoms with Crippen molar-refractivity contribution in [2.45, 2.75) is 26.8 Å². The molecule has 1 aliphatic heterocycles. The lowest BCUT2D eigenvalue weighted by atomic mass is 10.1. The highest BCUT2D eigenvalue weighted by atomic mass is 15.4. The summed E-state index contributed by atoms with van der Waals surface area (Å²) >= 11 is 0. The molecule has 0 saturated heterocycles. The molecule has 0 aliphatic carbocycles. The first-order chi connectivity index (χ1) is 3.72. The summed E-state index contributed by atoms with van der Waals surface area (Å²) < 4.78 is 0. The van der Waals surface area contributed by atoms with Gasteiger partial charge in [-0.3, -0.25) is 0 Å². The summed E-state index contributed by atoms with van der Waals surface area (Å²) in [6.07, 6.45) is 0. The average molecular weight is 112 g/mol. The van der Waals surface area contributed by atoms with Gasteiger partial charge in [-0.1, -0.05) is 0 Å². The average Bonchev–Trinajstić information content (AvgIpc) is 1.98. The van der Waals surface area contributed by atoms with Crippen LogP contribution >= 0.6 is 0 Å². The largest absolute Gasteiger partial charge is 0.325 e. The van der Waals surface area contributed by atoms with Crippen LogP contribution in [-0.4, -0.2) is 6.04 Å². The molecule has 0 saturated carbocycles. The third-order valence-corrected chi connectivity index (χ3v) is 1.72. The van der Waals surface area contributed by atoms with Crippen molar-refractivity contribution in [3.05, 3.63) is 11.3 Å². The van der Waals surface area contributed by atoms with Crippen LogP contribution in [0.2, 0.25) is 0 Å². The van der Waals surface area contributed by atoms with Gasteiger partial charge < -0.3 is 5.43 Å². The molecule has 0 spiro atoms. The summed E-state index contributed by atoms with van der Waals surface area (Å²) in [5.74, 6) is 0. The summed E-state index contributed by atoms with van der Waals surface area (Å²) in [5, 5.41) is 0. The Kier molecular flexibility index (Phi) is 1.26. The molecule has 1 atom stereocenters. The minimum Gasteiger partial charge on any atom is -0.325 e. The van der Waals surface area contributed by atoms with Gasteiger partial charge in [0, 0.05) is 11.7 Å². The third-order valence-electron chi connectivity index (χ3n) is 1.72. The number of nitrogens with one attached hydrogen (secondary N) is 2. The van der Waals surface area contributed by atoms with E-state index >= 15 is 0 Å². The molecule has 1 unspecified atom stereocenters. The molecule has 8 heavy (non-hydrogen) atoms. The molecule has 0 aromatic carbocycles. The van der Waals surface area contributed by atoms with Gasteiger partial charge in [0.2, 0.25) is 0 Å². The van der Waals surface area contributed by atoms with E-state index in [1.54, 1.807) is 0 Å². The lowest BCUT2D eigenvalue weighted by molar-refractivity contribution is 0.598. The maximum Gasteiger partial charge on any atom is 0.0458 e. The van der Waals surface area contributed by atoms with Crippen molar-refractivity contribution in [1.82, 2.24) is 10.9 Å². The molecule has 0 radical (unpaired) electrons. The van der Waals surface area contributed by atoms with Gasteiger partial charge in [0.15, 0.2) is 0 Å². The number of allylic oxidation sites excluding steroid dienone is 1. The Balaban J connectivity index is 2.71. The first-order valence-electron chi connectivity index (χ1n) is 2.90. The molecule has 2 nitrogen and oxygen atoms in total. The fourth-order valence-electron chi connectivity index (χ4n) is 0.748. The Bertz CT molecular complexity index is 126. The van der Waals surface area contributed by atoms with Crippen LogP contribution in [0.5, 0.6) is 0 Å². The van der Waals surface area contributed by atoms with Gasteiger partial charge in [-0.25, -0.2) is 5.43 Å². The van der Waals surface area contributed by atoms with Crippen LogP contribution in [0.3, 0.4) is 0 Å². The van der Waals surface area contributed by atoms with Crippen molar-refractivity contribution < 1.29 is 0 Å². The summed E-state index contributed by atoms with van der Waals surface area (Å²) in [4.78, 5) is 0. The summed E-state index contributed by atoms with van der Waals surface area (Å²) in [7, 11) is 0. The fraction of sp³-hybridized carbons (Fsp3) is 0.667. The molecule has 46 valence electrons. The Morgan fingerprint density at radius 1 is 1.38 bits per heavy atom. The van der Waals surface area contributed by atoms with Crippen molar-refractivity contribution in [2.75, 3.05) is 0 Å². The van der Waals surface area contributed by atoms with Gasteiger partial charge in [-0.2, -0.15) is 0 Å². The highest BCUT2D eigenvalue weighted by molar-refractivity contribution is 5.17. The second-order valence-corrected chi connectivity index (χ2v) is 2.30. The van der Waals surface area contributed by atoms with Crippen molar-refractivity contribution >= 4 is 0 Å². The number of hydrogen-bond donors (Lipinski definition) is 2. The second kappa shape index (κ2) is 1.78. The Morgan fingerprint density at radius 2 is 2.00 bits per heavy atom. The van der Waals surface area contributed by atoms with E-state index in [-0.39, 0.29) is 0 Å². The zero-order valence-electron chi connectivity index (χ0n) is 5.58. The summed E-state index contributed by atoms with van der Waals surface area (Å²) in [6, 6.07) is 0.509. The highest BCUT2D eigenvalue weighted by Crippen LogP contribution is 2.09. The molecule has 0 aromatic rings. The maximum absolute atomic E-state index is 3.09. The third kappa shape index (κ3) is 0.713. The van der Waals surface area contributed by atoms with E-state index in [1.165, 1.54) is 11.3 Å². The Hall–Kier alpha value is -0.500. The SMILES string of the molecule is CC1=C(C)C(C)NN1. The monoisotopic (exact) mass is 112 g/mol. The molecular formula is C6H12N2. The maximum atomic E-state index is 3.09. The Morgan fingerprint density at radius 3 is 2.12 bits per heavy atom. The summed E-state index contributed by atoms with van der Waals surface area (Å²) in [6.45, 7) is 6.34. The van der Waals surface area contributed by atoms with Crippen LogP contribution in [0.25, 0.3) is 0 Å². The molecule has 1 rings (SSSR count). The van der Waals surface area contributed by atoms with E-state index in [4.69, 9.17) is 0 Å². The fourth-order valence-corrected chi connectivity index (χ4v) is 0.748. The van der Waals surface area contributed by atoms with Gasteiger partial charge in [0.05, 0.1) is 0 Å². The van der Waals surface area contributed by atoms with E-state index < -0.39 is 0 Å². The van der Waals surface area contributed by atoms with E-state index in [0.717, 1.165) is 0 Å². The van der Waals surface area contributed by atoms with E-state index in [1.807, 2.05) is 0 Å². The molecular weight excluding hydrogens is 100 g/mol. The van der Waals surface area contributed by atoms with Crippen molar-refractivity contribution in [3.63, 3.8) is 0 Å². The number of hydrogen-bond acceptors (Lipinski definition) is 2. The highest BCUT2D eigenvalue weighted by Gasteiger charge is 2.11. The predicted octanol–water partition coefficient (Wildman–Crippen LogP) is 0.777. The van der Waals surface area contributed by atoms with Gasteiger partial charge in [-0.05, 0) is 26.3 Å². The normalized spacial score (nSPS) is 28.6. The molecule has 0 fully saturated rings. The van der Waals surface area contributed by atoms with Gasteiger partial charge in [-0.15, -0.1) is 0 Å². The lowest BCUT2D eigenvalue weighted by Gasteiger charge is -2.00. The zero-order chi connectivity index (χ0) is 6.15. The van der Waals surface area contributed by atoms with Crippen molar-refractivity contribution in [3.8, 4) is 0 Å². The quantitative estimate of drug-likeness (QED) is 0.484. The first-order valence-corrected chi connectivity index (χ1v) is 2.90. The number of hydrazine groups is 1. The lowest BCUT2D eigenvalue weighted by Crippen LogP contribution is -2.29. The smallest absolute Gasteiger partial charge is 0.0458 e. The predicted molar refractivity (Wildman–Crippen MR) is 34.1 cm³/mol. The van der Waals surface area contributed by atoms with Gasteiger partial charge in [0.25, 0.3) is 0 Å². The first kappa shape index (κ1) is 5.63. The molecule has 2 N–H and O–H groups in total. The van der Waals surface area contributed by atoms with Crippen LogP contribution in [0.4, 0.5) is 0 Å². The van der Waals surface area contributed by atoms with E-state index in [2.05, 4.69) is 31.6 Å². The zero-order valence-corrected chi connectivity index (χ0v) is 5.58. The Labute approximate surface area is 49.9 Å². The van der Waals surface area contributed by atoms with Gasteiger partial charge in [0.1, 0.15) is 0 Å². The molecule has 0 bridgehead atoms. The van der Waals surface area contributed by atoms with Crippen LogP contribution in [0, 0.1) is 0 Å². The van der Waals surface area contributed by atoms with Crippen LogP contribution in [0.15, 0.2) is 11.3 Å².